The van der Waals surface area contributed by atoms with Crippen molar-refractivity contribution >= 4 is 23.2 Å². The number of amides is 2. The summed E-state index contributed by atoms with van der Waals surface area (Å²) in [6.45, 7) is 0.412. The summed E-state index contributed by atoms with van der Waals surface area (Å²) in [5.41, 5.74) is 1.59. The third-order valence-corrected chi connectivity index (χ3v) is 5.47. The molecule has 0 aliphatic carbocycles. The van der Waals surface area contributed by atoms with Crippen molar-refractivity contribution in [2.24, 2.45) is 0 Å². The molecular formula is C22H22N2O4S. The number of ether oxygens (including phenoxy) is 1. The Balaban J connectivity index is 1.50. The number of rotatable bonds is 7. The number of aliphatic hydroxyl groups is 1. The van der Waals surface area contributed by atoms with Crippen molar-refractivity contribution in [1.29, 1.82) is 0 Å². The monoisotopic (exact) mass is 410 g/mol. The Morgan fingerprint density at radius 1 is 0.931 bits per heavy atom. The summed E-state index contributed by atoms with van der Waals surface area (Å²) in [5, 5.41) is 15.6. The van der Waals surface area contributed by atoms with Gasteiger partial charge in [-0.05, 0) is 23.8 Å². The molecule has 150 valence electrons. The number of methoxy groups -OCH3 is 1. The molecule has 0 fully saturated rings. The SMILES string of the molecule is COc1ccccc1CNC(=O)C(=O)NCc1ccc(C(O)c2ccccc2)s1. The highest BCUT2D eigenvalue weighted by molar-refractivity contribution is 7.12. The van der Waals surface area contributed by atoms with Crippen LogP contribution in [0.3, 0.4) is 0 Å². The number of aliphatic hydroxyl groups excluding tert-OH is 1. The number of carbonyl (C=O) groups excluding carboxylic acids is 2. The minimum absolute atomic E-state index is 0.197. The average Bonchev–Trinajstić information content (AvgIpc) is 3.25. The fourth-order valence-electron chi connectivity index (χ4n) is 2.79. The Morgan fingerprint density at radius 2 is 1.59 bits per heavy atom. The fraction of sp³-hybridized carbons (Fsp3) is 0.182. The van der Waals surface area contributed by atoms with E-state index < -0.39 is 17.9 Å². The molecule has 0 saturated carbocycles. The van der Waals surface area contributed by atoms with Gasteiger partial charge in [-0.15, -0.1) is 11.3 Å². The number of carbonyl (C=O) groups is 2. The molecule has 6 nitrogen and oxygen atoms in total. The molecule has 7 heteroatoms. The quantitative estimate of drug-likeness (QED) is 0.523. The van der Waals surface area contributed by atoms with Crippen LogP contribution in [0.2, 0.25) is 0 Å². The van der Waals surface area contributed by atoms with Crippen LogP contribution in [0.5, 0.6) is 5.75 Å². The Hall–Kier alpha value is -3.16. The van der Waals surface area contributed by atoms with Gasteiger partial charge in [0, 0.05) is 21.9 Å². The van der Waals surface area contributed by atoms with E-state index in [1.54, 1.807) is 13.2 Å². The summed E-state index contributed by atoms with van der Waals surface area (Å²) in [7, 11) is 1.55. The maximum absolute atomic E-state index is 12.1. The first-order valence-electron chi connectivity index (χ1n) is 9.08. The number of para-hydroxylation sites is 1. The van der Waals surface area contributed by atoms with Gasteiger partial charge in [0.1, 0.15) is 11.9 Å². The van der Waals surface area contributed by atoms with E-state index in [-0.39, 0.29) is 13.1 Å². The van der Waals surface area contributed by atoms with Crippen LogP contribution in [0.4, 0.5) is 0 Å². The highest BCUT2D eigenvalue weighted by Crippen LogP contribution is 2.28. The lowest BCUT2D eigenvalue weighted by Crippen LogP contribution is -2.39. The van der Waals surface area contributed by atoms with E-state index in [1.807, 2.05) is 60.7 Å². The number of benzene rings is 2. The molecule has 3 rings (SSSR count). The molecule has 1 atom stereocenters. The topological polar surface area (TPSA) is 87.7 Å². The van der Waals surface area contributed by atoms with Crippen LogP contribution in [0.15, 0.2) is 66.7 Å². The van der Waals surface area contributed by atoms with Gasteiger partial charge in [0.15, 0.2) is 0 Å². The lowest BCUT2D eigenvalue weighted by atomic mass is 10.1. The standard InChI is InChI=1S/C22H22N2O4S/c1-28-18-10-6-5-9-16(18)13-23-21(26)22(27)24-14-17-11-12-19(29-17)20(25)15-7-3-2-4-8-15/h2-12,20,25H,13-14H2,1H3,(H,23,26)(H,24,27). The minimum Gasteiger partial charge on any atom is -0.496 e. The second-order valence-corrected chi connectivity index (χ2v) is 7.49. The van der Waals surface area contributed by atoms with Gasteiger partial charge < -0.3 is 20.5 Å². The van der Waals surface area contributed by atoms with Gasteiger partial charge in [0.05, 0.1) is 13.7 Å². The van der Waals surface area contributed by atoms with Crippen molar-refractivity contribution in [3.8, 4) is 5.75 Å². The fourth-order valence-corrected chi connectivity index (χ4v) is 3.76. The summed E-state index contributed by atoms with van der Waals surface area (Å²) < 4.78 is 5.23. The van der Waals surface area contributed by atoms with Gasteiger partial charge in [-0.25, -0.2) is 0 Å². The molecule has 0 bridgehead atoms. The van der Waals surface area contributed by atoms with Crippen molar-refractivity contribution in [2.75, 3.05) is 7.11 Å². The highest BCUT2D eigenvalue weighted by Gasteiger charge is 2.16. The first kappa shape index (κ1) is 20.6. The van der Waals surface area contributed by atoms with Gasteiger partial charge in [-0.1, -0.05) is 48.5 Å². The van der Waals surface area contributed by atoms with E-state index in [2.05, 4.69) is 10.6 Å². The molecule has 0 radical (unpaired) electrons. The number of nitrogens with one attached hydrogen (secondary N) is 2. The van der Waals surface area contributed by atoms with Gasteiger partial charge in [0.2, 0.25) is 0 Å². The molecule has 1 aromatic heterocycles. The van der Waals surface area contributed by atoms with Crippen LogP contribution in [0.1, 0.15) is 27.0 Å². The zero-order valence-corrected chi connectivity index (χ0v) is 16.7. The van der Waals surface area contributed by atoms with E-state index in [0.717, 1.165) is 20.9 Å². The normalized spacial score (nSPS) is 11.5. The van der Waals surface area contributed by atoms with Gasteiger partial charge >= 0.3 is 11.8 Å². The Kier molecular flexibility index (Phi) is 6.99. The Labute approximate surface area is 173 Å². The summed E-state index contributed by atoms with van der Waals surface area (Å²) in [4.78, 5) is 25.7. The van der Waals surface area contributed by atoms with Crippen LogP contribution in [-0.4, -0.2) is 24.0 Å². The maximum atomic E-state index is 12.1. The first-order chi connectivity index (χ1) is 14.1. The predicted molar refractivity (Wildman–Crippen MR) is 112 cm³/mol. The molecule has 0 aliphatic heterocycles. The summed E-state index contributed by atoms with van der Waals surface area (Å²) in [6.07, 6.45) is -0.713. The number of hydrogen-bond donors (Lipinski definition) is 3. The van der Waals surface area contributed by atoms with E-state index in [4.69, 9.17) is 4.74 Å². The molecule has 3 N–H and O–H groups in total. The largest absolute Gasteiger partial charge is 0.496 e. The zero-order chi connectivity index (χ0) is 20.6. The molecule has 0 spiro atoms. The molecule has 29 heavy (non-hydrogen) atoms. The predicted octanol–water partition coefficient (Wildman–Crippen LogP) is 2.77. The van der Waals surface area contributed by atoms with Crippen LogP contribution in [0, 0.1) is 0 Å². The van der Waals surface area contributed by atoms with Gasteiger partial charge in [-0.2, -0.15) is 0 Å². The maximum Gasteiger partial charge on any atom is 0.309 e. The number of thiophene rings is 1. The van der Waals surface area contributed by atoms with Gasteiger partial charge in [-0.3, -0.25) is 9.59 Å². The van der Waals surface area contributed by atoms with Crippen molar-refractivity contribution in [3.63, 3.8) is 0 Å². The third-order valence-electron chi connectivity index (χ3n) is 4.33. The average molecular weight is 410 g/mol. The van der Waals surface area contributed by atoms with Crippen molar-refractivity contribution in [3.05, 3.63) is 87.6 Å². The van der Waals surface area contributed by atoms with E-state index in [1.165, 1.54) is 11.3 Å². The molecule has 0 saturated heterocycles. The Bertz CT molecular complexity index is 972. The first-order valence-corrected chi connectivity index (χ1v) is 9.89. The van der Waals surface area contributed by atoms with Crippen molar-refractivity contribution < 1.29 is 19.4 Å². The molecule has 2 aromatic carbocycles. The molecule has 1 unspecified atom stereocenters. The van der Waals surface area contributed by atoms with Gasteiger partial charge in [0.25, 0.3) is 0 Å². The van der Waals surface area contributed by atoms with Crippen molar-refractivity contribution in [2.45, 2.75) is 19.2 Å². The molecule has 1 heterocycles. The minimum atomic E-state index is -0.713. The summed E-state index contributed by atoms with van der Waals surface area (Å²) in [6, 6.07) is 20.3. The molecule has 2 amide bonds. The van der Waals surface area contributed by atoms with E-state index in [0.29, 0.717) is 5.75 Å². The van der Waals surface area contributed by atoms with Crippen LogP contribution < -0.4 is 15.4 Å². The highest BCUT2D eigenvalue weighted by atomic mass is 32.1. The molecule has 0 aliphatic rings. The Morgan fingerprint density at radius 3 is 2.31 bits per heavy atom. The van der Waals surface area contributed by atoms with E-state index >= 15 is 0 Å². The zero-order valence-electron chi connectivity index (χ0n) is 15.9. The van der Waals surface area contributed by atoms with Crippen LogP contribution in [0.25, 0.3) is 0 Å². The lowest BCUT2D eigenvalue weighted by Gasteiger charge is -2.09. The third kappa shape index (κ3) is 5.43. The second-order valence-electron chi connectivity index (χ2n) is 6.29. The number of hydrogen-bond acceptors (Lipinski definition) is 5. The second kappa shape index (κ2) is 9.86. The summed E-state index contributed by atoms with van der Waals surface area (Å²) in [5.74, 6) is -0.772. The van der Waals surface area contributed by atoms with E-state index in [9.17, 15) is 14.7 Å². The summed E-state index contributed by atoms with van der Waals surface area (Å²) >= 11 is 1.39. The van der Waals surface area contributed by atoms with Crippen LogP contribution >= 0.6 is 11.3 Å². The molecular weight excluding hydrogens is 388 g/mol. The molecule has 3 aromatic rings. The lowest BCUT2D eigenvalue weighted by molar-refractivity contribution is -0.139. The van der Waals surface area contributed by atoms with Crippen molar-refractivity contribution in [1.82, 2.24) is 10.6 Å². The smallest absolute Gasteiger partial charge is 0.309 e. The van der Waals surface area contributed by atoms with Crippen LogP contribution in [-0.2, 0) is 22.7 Å².